The molecule has 0 spiro atoms. The summed E-state index contributed by atoms with van der Waals surface area (Å²) in [5.74, 6) is -1.75. The fourth-order valence-electron chi connectivity index (χ4n) is 1.49. The summed E-state index contributed by atoms with van der Waals surface area (Å²) >= 11 is 0. The maximum Gasteiger partial charge on any atom is 0.337 e. The van der Waals surface area contributed by atoms with Crippen molar-refractivity contribution in [1.82, 2.24) is 0 Å². The number of anilines is 1. The lowest BCUT2D eigenvalue weighted by atomic mass is 10.1. The fourth-order valence-corrected chi connectivity index (χ4v) is 1.49. The molecule has 0 radical (unpaired) electrons. The van der Waals surface area contributed by atoms with Gasteiger partial charge in [0.15, 0.2) is 0 Å². The molecule has 1 rings (SSSR count). The van der Waals surface area contributed by atoms with Gasteiger partial charge in [0.25, 0.3) is 0 Å². The number of aliphatic hydroxyl groups excluding tert-OH is 1. The van der Waals surface area contributed by atoms with E-state index in [4.69, 9.17) is 10.2 Å². The maximum absolute atomic E-state index is 13.4. The molecule has 1 aromatic rings. The minimum Gasteiger partial charge on any atom is -0.478 e. The second kappa shape index (κ2) is 6.20. The van der Waals surface area contributed by atoms with E-state index in [9.17, 15) is 9.18 Å². The van der Waals surface area contributed by atoms with Gasteiger partial charge in [-0.05, 0) is 31.9 Å². The second-order valence-electron chi connectivity index (χ2n) is 3.89. The molecule has 4 nitrogen and oxygen atoms in total. The number of halogens is 1. The molecule has 94 valence electrons. The van der Waals surface area contributed by atoms with Crippen LogP contribution >= 0.6 is 0 Å². The van der Waals surface area contributed by atoms with Crippen molar-refractivity contribution >= 4 is 11.7 Å². The Morgan fingerprint density at radius 2 is 2.24 bits per heavy atom. The van der Waals surface area contributed by atoms with Gasteiger partial charge in [0.2, 0.25) is 0 Å². The molecule has 0 amide bonds. The predicted octanol–water partition coefficient (Wildman–Crippen LogP) is 2.10. The van der Waals surface area contributed by atoms with E-state index in [0.29, 0.717) is 19.4 Å². The van der Waals surface area contributed by atoms with Crippen LogP contribution in [-0.2, 0) is 0 Å². The lowest BCUT2D eigenvalue weighted by Gasteiger charge is -2.11. The van der Waals surface area contributed by atoms with Crippen molar-refractivity contribution in [1.29, 1.82) is 0 Å². The summed E-state index contributed by atoms with van der Waals surface area (Å²) in [6.45, 7) is 2.10. The minimum atomic E-state index is -1.16. The molecule has 3 N–H and O–H groups in total. The zero-order valence-corrected chi connectivity index (χ0v) is 9.61. The third kappa shape index (κ3) is 4.03. The Balaban J connectivity index is 2.66. The van der Waals surface area contributed by atoms with Gasteiger partial charge in [-0.1, -0.05) is 6.07 Å². The van der Waals surface area contributed by atoms with E-state index >= 15 is 0 Å². The van der Waals surface area contributed by atoms with Crippen LogP contribution in [0.4, 0.5) is 10.1 Å². The molecule has 0 bridgehead atoms. The summed E-state index contributed by atoms with van der Waals surface area (Å²) in [6.07, 6.45) is 0.825. The summed E-state index contributed by atoms with van der Waals surface area (Å²) in [5.41, 5.74) is -0.0763. The standard InChI is InChI=1S/C12H16FNO3/c1-8(15)4-3-7-14-11-9(12(16)17)5-2-6-10(11)13/h2,5-6,8,14-15H,3-4,7H2,1H3,(H,16,17). The molecule has 0 saturated carbocycles. The van der Waals surface area contributed by atoms with Crippen LogP contribution in [0.2, 0.25) is 0 Å². The Hall–Kier alpha value is -1.62. The maximum atomic E-state index is 13.4. The van der Waals surface area contributed by atoms with E-state index in [1.807, 2.05) is 0 Å². The summed E-state index contributed by atoms with van der Waals surface area (Å²) in [7, 11) is 0. The van der Waals surface area contributed by atoms with E-state index in [2.05, 4.69) is 5.32 Å². The fraction of sp³-hybridized carbons (Fsp3) is 0.417. The number of hydrogen-bond acceptors (Lipinski definition) is 3. The molecule has 0 aliphatic heterocycles. The second-order valence-corrected chi connectivity index (χ2v) is 3.89. The highest BCUT2D eigenvalue weighted by Crippen LogP contribution is 2.19. The zero-order chi connectivity index (χ0) is 12.8. The van der Waals surface area contributed by atoms with E-state index in [1.54, 1.807) is 6.92 Å². The van der Waals surface area contributed by atoms with Crippen molar-refractivity contribution in [3.8, 4) is 0 Å². The average molecular weight is 241 g/mol. The number of para-hydroxylation sites is 1. The van der Waals surface area contributed by atoms with Gasteiger partial charge >= 0.3 is 5.97 Å². The topological polar surface area (TPSA) is 69.6 Å². The number of carboxylic acids is 1. The third-order valence-electron chi connectivity index (χ3n) is 2.34. The first-order chi connectivity index (χ1) is 8.02. The van der Waals surface area contributed by atoms with Gasteiger partial charge in [-0.25, -0.2) is 9.18 Å². The number of benzene rings is 1. The molecule has 1 unspecified atom stereocenters. The third-order valence-corrected chi connectivity index (χ3v) is 2.34. The van der Waals surface area contributed by atoms with Crippen molar-refractivity contribution < 1.29 is 19.4 Å². The van der Waals surface area contributed by atoms with Crippen LogP contribution in [0.3, 0.4) is 0 Å². The number of aliphatic hydroxyl groups is 1. The quantitative estimate of drug-likeness (QED) is 0.667. The van der Waals surface area contributed by atoms with Crippen LogP contribution in [0, 0.1) is 5.82 Å². The van der Waals surface area contributed by atoms with Gasteiger partial charge in [0, 0.05) is 6.54 Å². The van der Waals surface area contributed by atoms with Gasteiger partial charge in [-0.15, -0.1) is 0 Å². The molecule has 0 fully saturated rings. The Morgan fingerprint density at radius 3 is 2.82 bits per heavy atom. The van der Waals surface area contributed by atoms with Crippen LogP contribution in [0.5, 0.6) is 0 Å². The highest BCUT2D eigenvalue weighted by molar-refractivity contribution is 5.94. The largest absolute Gasteiger partial charge is 0.478 e. The Bertz CT molecular complexity index is 393. The first-order valence-electron chi connectivity index (χ1n) is 5.46. The van der Waals surface area contributed by atoms with Crippen LogP contribution in [0.25, 0.3) is 0 Å². The molecular formula is C12H16FNO3. The van der Waals surface area contributed by atoms with Crippen LogP contribution < -0.4 is 5.32 Å². The smallest absolute Gasteiger partial charge is 0.337 e. The van der Waals surface area contributed by atoms with Gasteiger partial charge in [-0.2, -0.15) is 0 Å². The molecule has 0 aliphatic carbocycles. The summed E-state index contributed by atoms with van der Waals surface area (Å²) < 4.78 is 13.4. The summed E-state index contributed by atoms with van der Waals surface area (Å²) in [4.78, 5) is 10.9. The molecule has 17 heavy (non-hydrogen) atoms. The van der Waals surface area contributed by atoms with Crippen LogP contribution in [0.15, 0.2) is 18.2 Å². The molecule has 1 atom stereocenters. The number of carboxylic acid groups (broad SMARTS) is 1. The van der Waals surface area contributed by atoms with E-state index in [1.165, 1.54) is 18.2 Å². The van der Waals surface area contributed by atoms with Crippen molar-refractivity contribution in [2.45, 2.75) is 25.9 Å². The summed E-state index contributed by atoms with van der Waals surface area (Å²) in [6, 6.07) is 3.92. The van der Waals surface area contributed by atoms with Crippen molar-refractivity contribution in [2.24, 2.45) is 0 Å². The number of aromatic carboxylic acids is 1. The monoisotopic (exact) mass is 241 g/mol. The molecule has 0 saturated heterocycles. The Kier molecular flexibility index (Phi) is 4.90. The number of carbonyl (C=O) groups is 1. The van der Waals surface area contributed by atoms with E-state index < -0.39 is 17.9 Å². The molecule has 0 aromatic heterocycles. The minimum absolute atomic E-state index is 0.00518. The molecule has 5 heteroatoms. The predicted molar refractivity (Wildman–Crippen MR) is 62.8 cm³/mol. The van der Waals surface area contributed by atoms with E-state index in [-0.39, 0.29) is 11.3 Å². The van der Waals surface area contributed by atoms with Crippen LogP contribution in [-0.4, -0.2) is 28.8 Å². The zero-order valence-electron chi connectivity index (χ0n) is 9.61. The Labute approximate surface area is 99.1 Å². The van der Waals surface area contributed by atoms with Gasteiger partial charge in [0.1, 0.15) is 5.82 Å². The number of hydrogen-bond donors (Lipinski definition) is 3. The van der Waals surface area contributed by atoms with Crippen molar-refractivity contribution in [3.05, 3.63) is 29.6 Å². The number of nitrogens with one attached hydrogen (secondary N) is 1. The van der Waals surface area contributed by atoms with Gasteiger partial charge < -0.3 is 15.5 Å². The molecular weight excluding hydrogens is 225 g/mol. The molecule has 0 aliphatic rings. The number of rotatable bonds is 6. The average Bonchev–Trinajstić information content (AvgIpc) is 2.25. The van der Waals surface area contributed by atoms with Crippen molar-refractivity contribution in [2.75, 3.05) is 11.9 Å². The molecule has 0 heterocycles. The molecule has 1 aromatic carbocycles. The summed E-state index contributed by atoms with van der Waals surface area (Å²) in [5, 5.41) is 20.7. The first-order valence-corrected chi connectivity index (χ1v) is 5.46. The first kappa shape index (κ1) is 13.4. The Morgan fingerprint density at radius 1 is 1.53 bits per heavy atom. The highest BCUT2D eigenvalue weighted by atomic mass is 19.1. The van der Waals surface area contributed by atoms with Gasteiger partial charge in [-0.3, -0.25) is 0 Å². The van der Waals surface area contributed by atoms with Gasteiger partial charge in [0.05, 0.1) is 17.4 Å². The lowest BCUT2D eigenvalue weighted by Crippen LogP contribution is -2.11. The highest BCUT2D eigenvalue weighted by Gasteiger charge is 2.13. The van der Waals surface area contributed by atoms with E-state index in [0.717, 1.165) is 0 Å². The SMILES string of the molecule is CC(O)CCCNc1c(F)cccc1C(=O)O. The normalized spacial score (nSPS) is 12.2. The van der Waals surface area contributed by atoms with Crippen LogP contribution in [0.1, 0.15) is 30.1 Å². The van der Waals surface area contributed by atoms with Crippen molar-refractivity contribution in [3.63, 3.8) is 0 Å². The lowest BCUT2D eigenvalue weighted by molar-refractivity contribution is 0.0697.